The summed E-state index contributed by atoms with van der Waals surface area (Å²) in [7, 11) is 1.30. The normalized spacial score (nSPS) is 20.3. The Morgan fingerprint density at radius 3 is 2.53 bits per heavy atom. The minimum atomic E-state index is -1.68. The van der Waals surface area contributed by atoms with E-state index in [0.717, 1.165) is 4.88 Å². The molecule has 0 aliphatic carbocycles. The van der Waals surface area contributed by atoms with Crippen LogP contribution in [0.3, 0.4) is 0 Å². The molecule has 12 nitrogen and oxygen atoms in total. The second-order valence-electron chi connectivity index (χ2n) is 8.31. The van der Waals surface area contributed by atoms with Gasteiger partial charge < -0.3 is 19.5 Å². The van der Waals surface area contributed by atoms with Crippen molar-refractivity contribution in [3.05, 3.63) is 73.6 Å². The maximum absolute atomic E-state index is 13.4. The third kappa shape index (κ3) is 5.42. The fourth-order valence-corrected chi connectivity index (χ4v) is 6.11. The third-order valence-corrected chi connectivity index (χ3v) is 8.08. The van der Waals surface area contributed by atoms with Gasteiger partial charge in [-0.2, -0.15) is 0 Å². The molecule has 38 heavy (non-hydrogen) atoms. The fourth-order valence-electron chi connectivity index (χ4n) is 3.99. The quantitative estimate of drug-likeness (QED) is 0.150. The van der Waals surface area contributed by atoms with Gasteiger partial charge in [0, 0.05) is 42.4 Å². The van der Waals surface area contributed by atoms with Gasteiger partial charge in [0.05, 0.1) is 11.3 Å². The van der Waals surface area contributed by atoms with Crippen molar-refractivity contribution in [2.45, 2.75) is 31.1 Å². The highest BCUT2D eigenvalue weighted by molar-refractivity contribution is 8.00. The van der Waals surface area contributed by atoms with Crippen molar-refractivity contribution in [1.82, 2.24) is 10.2 Å². The average Bonchev–Trinajstić information content (AvgIpc) is 3.41. The third-order valence-electron chi connectivity index (χ3n) is 5.83. The zero-order valence-electron chi connectivity index (χ0n) is 20.3. The van der Waals surface area contributed by atoms with E-state index in [1.165, 1.54) is 66.3 Å². The van der Waals surface area contributed by atoms with Crippen LogP contribution in [0, 0.1) is 10.1 Å². The van der Waals surface area contributed by atoms with E-state index in [2.05, 4.69) is 5.32 Å². The number of ether oxygens (including phenoxy) is 3. The number of nitrogens with zero attached hydrogens (tertiary/aromatic N) is 2. The molecule has 1 saturated heterocycles. The van der Waals surface area contributed by atoms with Gasteiger partial charge in [-0.15, -0.1) is 23.1 Å². The Balaban J connectivity index is 1.54. The number of hydrogen-bond donors (Lipinski definition) is 1. The molecule has 2 aromatic rings. The number of thioether (sulfide) groups is 1. The molecule has 2 aliphatic rings. The van der Waals surface area contributed by atoms with E-state index < -0.39 is 39.8 Å². The van der Waals surface area contributed by atoms with Gasteiger partial charge in [-0.1, -0.05) is 6.07 Å². The average molecular weight is 562 g/mol. The van der Waals surface area contributed by atoms with Crippen LogP contribution in [0.15, 0.2) is 53.0 Å². The first kappa shape index (κ1) is 27.3. The van der Waals surface area contributed by atoms with Crippen molar-refractivity contribution in [2.24, 2.45) is 0 Å². The minimum Gasteiger partial charge on any atom is -0.461 e. The number of amides is 2. The maximum Gasteiger partial charge on any atom is 0.355 e. The number of fused-ring (bicyclic) bond motifs is 1. The molecular weight excluding hydrogens is 538 g/mol. The molecule has 3 heterocycles. The number of rotatable bonds is 10. The molecule has 2 aliphatic heterocycles. The van der Waals surface area contributed by atoms with Gasteiger partial charge in [-0.3, -0.25) is 29.4 Å². The second-order valence-corrected chi connectivity index (χ2v) is 10.4. The van der Waals surface area contributed by atoms with Crippen molar-refractivity contribution in [3.8, 4) is 0 Å². The largest absolute Gasteiger partial charge is 0.461 e. The lowest BCUT2D eigenvalue weighted by Gasteiger charge is -2.55. The topological polar surface area (TPSA) is 154 Å². The number of carbonyl (C=O) groups excluding carboxylic acids is 4. The van der Waals surface area contributed by atoms with E-state index in [4.69, 9.17) is 14.2 Å². The van der Waals surface area contributed by atoms with Gasteiger partial charge in [0.25, 0.3) is 17.3 Å². The zero-order chi connectivity index (χ0) is 27.4. The lowest BCUT2D eigenvalue weighted by Crippen LogP contribution is -2.80. The van der Waals surface area contributed by atoms with Crippen LogP contribution in [0.25, 0.3) is 0 Å². The zero-order valence-corrected chi connectivity index (χ0v) is 22.0. The molecule has 0 spiro atoms. The molecule has 0 bridgehead atoms. The Morgan fingerprint density at radius 2 is 1.92 bits per heavy atom. The van der Waals surface area contributed by atoms with E-state index in [1.54, 1.807) is 6.07 Å². The van der Waals surface area contributed by atoms with Crippen LogP contribution in [-0.4, -0.2) is 64.1 Å². The minimum absolute atomic E-state index is 0.0606. The van der Waals surface area contributed by atoms with Gasteiger partial charge in [-0.25, -0.2) is 4.79 Å². The van der Waals surface area contributed by atoms with Crippen molar-refractivity contribution in [1.29, 1.82) is 0 Å². The molecule has 1 aromatic carbocycles. The van der Waals surface area contributed by atoms with Crippen molar-refractivity contribution < 1.29 is 38.3 Å². The summed E-state index contributed by atoms with van der Waals surface area (Å²) in [5.74, 6) is -2.29. The summed E-state index contributed by atoms with van der Waals surface area (Å²) in [5, 5.41) is 14.6. The number of nitrogens with one attached hydrogen (secondary N) is 1. The van der Waals surface area contributed by atoms with E-state index in [0.29, 0.717) is 11.1 Å². The Labute approximate surface area is 225 Å². The van der Waals surface area contributed by atoms with Gasteiger partial charge >= 0.3 is 11.9 Å². The molecule has 1 N–H and O–H groups in total. The Hall–Kier alpha value is -3.75. The van der Waals surface area contributed by atoms with E-state index in [-0.39, 0.29) is 36.8 Å². The lowest BCUT2D eigenvalue weighted by molar-refractivity contribution is -0.384. The van der Waals surface area contributed by atoms with Crippen LogP contribution in [-0.2, 0) is 46.4 Å². The van der Waals surface area contributed by atoms with Gasteiger partial charge in [0.1, 0.15) is 24.3 Å². The first-order valence-electron chi connectivity index (χ1n) is 11.3. The highest BCUT2D eigenvalue weighted by Gasteiger charge is 2.66. The van der Waals surface area contributed by atoms with Gasteiger partial charge in [-0.05, 0) is 29.1 Å². The number of nitro groups is 1. The number of thiophene rings is 1. The van der Waals surface area contributed by atoms with E-state index in [1.807, 2.05) is 11.4 Å². The molecule has 14 heteroatoms. The van der Waals surface area contributed by atoms with Crippen LogP contribution < -0.4 is 5.32 Å². The molecule has 0 radical (unpaired) electrons. The Morgan fingerprint density at radius 1 is 1.18 bits per heavy atom. The summed E-state index contributed by atoms with van der Waals surface area (Å²) < 4.78 is 16.0. The number of benzene rings is 1. The highest BCUT2D eigenvalue weighted by Crippen LogP contribution is 2.47. The Bertz CT molecular complexity index is 1290. The lowest BCUT2D eigenvalue weighted by atomic mass is 9.98. The van der Waals surface area contributed by atoms with E-state index >= 15 is 0 Å². The second kappa shape index (κ2) is 11.3. The number of methoxy groups -OCH3 is 1. The van der Waals surface area contributed by atoms with Crippen molar-refractivity contribution in [2.75, 3.05) is 19.5 Å². The van der Waals surface area contributed by atoms with E-state index in [9.17, 15) is 29.3 Å². The molecule has 1 fully saturated rings. The maximum atomic E-state index is 13.4. The molecular formula is C24H23N3O9S2. The molecule has 1 aromatic heterocycles. The predicted molar refractivity (Wildman–Crippen MR) is 136 cm³/mol. The molecule has 2 amide bonds. The smallest absolute Gasteiger partial charge is 0.355 e. The molecule has 4 rings (SSSR count). The summed E-state index contributed by atoms with van der Waals surface area (Å²) in [6.45, 7) is 0.777. The fraction of sp³-hybridized carbons (Fsp3) is 0.333. The number of nitro benzene ring substituents is 1. The summed E-state index contributed by atoms with van der Waals surface area (Å²) >= 11 is 2.65. The van der Waals surface area contributed by atoms with Crippen LogP contribution in [0.4, 0.5) is 5.69 Å². The van der Waals surface area contributed by atoms with Crippen molar-refractivity contribution >= 4 is 52.5 Å². The molecule has 2 atom stereocenters. The standard InChI is InChI=1S/C24H23N3O9S2/c1-14(28)35-12-16-13-38-23-24(34-2,25-19(29)10-18-4-3-9-37-18)22(31)26(23)20(16)21(30)36-11-15-5-7-17(8-6-15)27(32)33/h3-9,23H,10-13H2,1-2H3,(H,25,29)/t23-,24-/m1/s1. The number of carbonyl (C=O) groups is 4. The summed E-state index contributed by atoms with van der Waals surface area (Å²) in [6, 6.07) is 9.09. The molecule has 0 unspecified atom stereocenters. The summed E-state index contributed by atoms with van der Waals surface area (Å²) in [5.41, 5.74) is -1.03. The van der Waals surface area contributed by atoms with Crippen LogP contribution >= 0.6 is 23.1 Å². The highest BCUT2D eigenvalue weighted by atomic mass is 32.2. The first-order chi connectivity index (χ1) is 18.2. The summed E-state index contributed by atoms with van der Waals surface area (Å²) in [4.78, 5) is 63.1. The number of non-ortho nitro benzene ring substituents is 1. The number of β-lactam (4-membered cyclic amide) rings is 1. The van der Waals surface area contributed by atoms with Crippen LogP contribution in [0.1, 0.15) is 17.4 Å². The van der Waals surface area contributed by atoms with Gasteiger partial charge in [0.15, 0.2) is 0 Å². The van der Waals surface area contributed by atoms with Crippen LogP contribution in [0.5, 0.6) is 0 Å². The van der Waals surface area contributed by atoms with Crippen LogP contribution in [0.2, 0.25) is 0 Å². The van der Waals surface area contributed by atoms with Gasteiger partial charge in [0.2, 0.25) is 5.91 Å². The monoisotopic (exact) mass is 561 g/mol. The molecule has 0 saturated carbocycles. The number of esters is 2. The Kier molecular flexibility index (Phi) is 8.14. The predicted octanol–water partition coefficient (Wildman–Crippen LogP) is 2.13. The van der Waals surface area contributed by atoms with Crippen molar-refractivity contribution in [3.63, 3.8) is 0 Å². The number of hydrogen-bond acceptors (Lipinski definition) is 11. The SMILES string of the molecule is CO[C@]1(NC(=O)Cc2cccs2)C(=O)N2C(C(=O)OCc3ccc([N+](=O)[O-])cc3)=C(COC(C)=O)CS[C@@H]21. The molecule has 200 valence electrons. The summed E-state index contributed by atoms with van der Waals surface area (Å²) in [6.07, 6.45) is 0.0606. The first-order valence-corrected chi connectivity index (χ1v) is 13.2.